The summed E-state index contributed by atoms with van der Waals surface area (Å²) in [5.74, 6) is 0.443. The number of rotatable bonds is 6. The van der Waals surface area contributed by atoms with Gasteiger partial charge in [0.1, 0.15) is 6.33 Å². The van der Waals surface area contributed by atoms with Gasteiger partial charge in [-0.1, -0.05) is 151 Å². The zero-order valence-corrected chi connectivity index (χ0v) is 24.6. The van der Waals surface area contributed by atoms with Crippen LogP contribution < -0.4 is 0 Å². The standard InChI is InChI=1S/C38H40N2/c1-37(2,3)35(27-17-9-7-10-18-27)31-23-15-13-21-29(31)33-25-34(40-26-39-33)30-22-14-16-24-32(30)36(38(4,5)6)28-19-11-8-12-20-28/h7-26,35-36H,1-6H3/t35-,36-/m0/s1. The van der Waals surface area contributed by atoms with Crippen LogP contribution in [-0.4, -0.2) is 9.97 Å². The Kier molecular flexibility index (Phi) is 7.72. The van der Waals surface area contributed by atoms with Crippen LogP contribution in [0.15, 0.2) is 122 Å². The van der Waals surface area contributed by atoms with Crippen LogP contribution in [0.3, 0.4) is 0 Å². The Balaban J connectivity index is 1.65. The summed E-state index contributed by atoms with van der Waals surface area (Å²) in [7, 11) is 0. The van der Waals surface area contributed by atoms with Gasteiger partial charge in [0.25, 0.3) is 0 Å². The zero-order valence-electron chi connectivity index (χ0n) is 24.6. The van der Waals surface area contributed by atoms with Crippen LogP contribution in [-0.2, 0) is 0 Å². The molecule has 0 aliphatic rings. The SMILES string of the molecule is CC(C)(C)[C@@H](c1ccccc1)c1ccccc1-c1cc(-c2ccccc2[C@H](c2ccccc2)C(C)(C)C)ncn1. The quantitative estimate of drug-likeness (QED) is 0.221. The Morgan fingerprint density at radius 1 is 0.450 bits per heavy atom. The second-order valence-corrected chi connectivity index (χ2v) is 12.9. The van der Waals surface area contributed by atoms with Gasteiger partial charge in [0.05, 0.1) is 11.4 Å². The van der Waals surface area contributed by atoms with E-state index in [1.807, 2.05) is 0 Å². The second kappa shape index (κ2) is 11.2. The molecule has 0 radical (unpaired) electrons. The van der Waals surface area contributed by atoms with E-state index in [1.54, 1.807) is 6.33 Å². The lowest BCUT2D eigenvalue weighted by Crippen LogP contribution is -2.20. The van der Waals surface area contributed by atoms with E-state index in [1.165, 1.54) is 22.3 Å². The molecule has 0 saturated heterocycles. The molecule has 0 aliphatic heterocycles. The summed E-state index contributed by atoms with van der Waals surface area (Å²) in [4.78, 5) is 9.65. The van der Waals surface area contributed by atoms with Crippen LogP contribution in [0.2, 0.25) is 0 Å². The van der Waals surface area contributed by atoms with Gasteiger partial charge in [-0.15, -0.1) is 0 Å². The molecule has 40 heavy (non-hydrogen) atoms. The topological polar surface area (TPSA) is 25.8 Å². The molecule has 0 bridgehead atoms. The summed E-state index contributed by atoms with van der Waals surface area (Å²) >= 11 is 0. The molecule has 0 N–H and O–H groups in total. The molecule has 202 valence electrons. The normalized spacial score (nSPS) is 13.6. The molecular weight excluding hydrogens is 484 g/mol. The minimum atomic E-state index is 0.0233. The maximum atomic E-state index is 4.82. The minimum Gasteiger partial charge on any atom is -0.236 e. The van der Waals surface area contributed by atoms with Gasteiger partial charge in [-0.2, -0.15) is 0 Å². The second-order valence-electron chi connectivity index (χ2n) is 12.9. The van der Waals surface area contributed by atoms with Crippen molar-refractivity contribution in [1.29, 1.82) is 0 Å². The highest BCUT2D eigenvalue weighted by atomic mass is 14.8. The third-order valence-corrected chi connectivity index (χ3v) is 7.76. The average molecular weight is 525 g/mol. The number of hydrogen-bond acceptors (Lipinski definition) is 2. The molecule has 0 saturated carbocycles. The maximum absolute atomic E-state index is 4.82. The molecule has 2 atom stereocenters. The van der Waals surface area contributed by atoms with Crippen LogP contribution in [0.5, 0.6) is 0 Å². The van der Waals surface area contributed by atoms with Crippen molar-refractivity contribution in [2.24, 2.45) is 10.8 Å². The molecular formula is C38H40N2. The highest BCUT2D eigenvalue weighted by Gasteiger charge is 2.31. The first-order chi connectivity index (χ1) is 19.1. The average Bonchev–Trinajstić information content (AvgIpc) is 2.94. The molecule has 0 fully saturated rings. The van der Waals surface area contributed by atoms with E-state index >= 15 is 0 Å². The summed E-state index contributed by atoms with van der Waals surface area (Å²) in [5.41, 5.74) is 9.47. The van der Waals surface area contributed by atoms with Gasteiger partial charge in [-0.25, -0.2) is 9.97 Å². The van der Waals surface area contributed by atoms with Gasteiger partial charge in [-0.05, 0) is 39.2 Å². The van der Waals surface area contributed by atoms with Crippen molar-refractivity contribution in [3.8, 4) is 22.5 Å². The van der Waals surface area contributed by atoms with Gasteiger partial charge >= 0.3 is 0 Å². The van der Waals surface area contributed by atoms with Gasteiger partial charge in [0.15, 0.2) is 0 Å². The molecule has 0 amide bonds. The van der Waals surface area contributed by atoms with Crippen LogP contribution in [0.1, 0.15) is 75.6 Å². The van der Waals surface area contributed by atoms with Crippen molar-refractivity contribution >= 4 is 0 Å². The predicted molar refractivity (Wildman–Crippen MR) is 168 cm³/mol. The lowest BCUT2D eigenvalue weighted by Gasteiger charge is -2.33. The van der Waals surface area contributed by atoms with Crippen molar-refractivity contribution in [3.63, 3.8) is 0 Å². The third-order valence-electron chi connectivity index (χ3n) is 7.76. The molecule has 1 heterocycles. The van der Waals surface area contributed by atoms with Crippen LogP contribution in [0.4, 0.5) is 0 Å². The van der Waals surface area contributed by atoms with Crippen molar-refractivity contribution in [3.05, 3.63) is 144 Å². The smallest absolute Gasteiger partial charge is 0.116 e. The Morgan fingerprint density at radius 3 is 1.18 bits per heavy atom. The fourth-order valence-electron chi connectivity index (χ4n) is 6.20. The molecule has 2 heteroatoms. The van der Waals surface area contributed by atoms with Crippen LogP contribution >= 0.6 is 0 Å². The summed E-state index contributed by atoms with van der Waals surface area (Å²) in [6.45, 7) is 13.9. The fraction of sp³-hybridized carbons (Fsp3) is 0.263. The molecule has 5 aromatic rings. The molecule has 1 aromatic heterocycles. The number of hydrogen-bond donors (Lipinski definition) is 0. The maximum Gasteiger partial charge on any atom is 0.116 e. The molecule has 0 aliphatic carbocycles. The summed E-state index contributed by atoms with van der Waals surface area (Å²) in [5, 5.41) is 0. The summed E-state index contributed by atoms with van der Waals surface area (Å²) in [6.07, 6.45) is 1.72. The van der Waals surface area contributed by atoms with Gasteiger partial charge < -0.3 is 0 Å². The summed E-state index contributed by atoms with van der Waals surface area (Å²) < 4.78 is 0. The Hall–Kier alpha value is -4.04. The van der Waals surface area contributed by atoms with E-state index in [-0.39, 0.29) is 22.7 Å². The van der Waals surface area contributed by atoms with E-state index in [0.717, 1.165) is 22.5 Å². The zero-order chi connectivity index (χ0) is 28.3. The Bertz CT molecular complexity index is 1440. The van der Waals surface area contributed by atoms with Gasteiger partial charge in [0, 0.05) is 23.0 Å². The molecule has 0 unspecified atom stereocenters. The van der Waals surface area contributed by atoms with E-state index in [9.17, 15) is 0 Å². The highest BCUT2D eigenvalue weighted by Crippen LogP contribution is 2.46. The lowest BCUT2D eigenvalue weighted by atomic mass is 9.71. The van der Waals surface area contributed by atoms with E-state index in [2.05, 4.69) is 157 Å². The molecule has 2 nitrogen and oxygen atoms in total. The van der Waals surface area contributed by atoms with Crippen molar-refractivity contribution in [1.82, 2.24) is 9.97 Å². The minimum absolute atomic E-state index is 0.0233. The van der Waals surface area contributed by atoms with E-state index in [0.29, 0.717) is 0 Å². The highest BCUT2D eigenvalue weighted by molar-refractivity contribution is 5.73. The number of nitrogens with zero attached hydrogens (tertiary/aromatic N) is 2. The first-order valence-electron chi connectivity index (χ1n) is 14.2. The number of aromatic nitrogens is 2. The lowest BCUT2D eigenvalue weighted by molar-refractivity contribution is 0.359. The van der Waals surface area contributed by atoms with Crippen molar-refractivity contribution < 1.29 is 0 Å². The molecule has 0 spiro atoms. The molecule has 5 rings (SSSR count). The first-order valence-corrected chi connectivity index (χ1v) is 14.2. The fourth-order valence-corrected chi connectivity index (χ4v) is 6.20. The largest absolute Gasteiger partial charge is 0.236 e. The summed E-state index contributed by atoms with van der Waals surface area (Å²) in [6, 6.07) is 41.3. The van der Waals surface area contributed by atoms with Crippen LogP contribution in [0.25, 0.3) is 22.5 Å². The number of benzene rings is 4. The third kappa shape index (κ3) is 5.77. The first kappa shape index (κ1) is 27.5. The van der Waals surface area contributed by atoms with Crippen molar-refractivity contribution in [2.45, 2.75) is 53.4 Å². The van der Waals surface area contributed by atoms with E-state index in [4.69, 9.17) is 9.97 Å². The monoisotopic (exact) mass is 524 g/mol. The predicted octanol–water partition coefficient (Wildman–Crippen LogP) is 10.2. The van der Waals surface area contributed by atoms with E-state index < -0.39 is 0 Å². The molecule has 4 aromatic carbocycles. The Labute approximate surface area is 240 Å². The van der Waals surface area contributed by atoms with Gasteiger partial charge in [-0.3, -0.25) is 0 Å². The Morgan fingerprint density at radius 2 is 0.800 bits per heavy atom. The van der Waals surface area contributed by atoms with Crippen molar-refractivity contribution in [2.75, 3.05) is 0 Å². The van der Waals surface area contributed by atoms with Gasteiger partial charge in [0.2, 0.25) is 0 Å². The van der Waals surface area contributed by atoms with Crippen LogP contribution in [0, 0.1) is 10.8 Å².